The highest BCUT2D eigenvalue weighted by Crippen LogP contribution is 2.28. The maximum Gasteiger partial charge on any atom is 0.417 e. The monoisotopic (exact) mass is 415 g/mol. The minimum Gasteiger partial charge on any atom is -0.368 e. The van der Waals surface area contributed by atoms with Gasteiger partial charge < -0.3 is 20.4 Å². The standard InChI is InChI=1S/C19H28F3N5O2/c1-3-26(4-2)18(29)27-11-7-14(8-12-27)17(28)24-10-9-23-16-6-5-15(13-25-16)19(20,21)22/h5-6,13-14H,3-4,7-12H2,1-2H3,(H,23,25)(H,24,28). The molecule has 162 valence electrons. The van der Waals surface area contributed by atoms with Gasteiger partial charge in [0.2, 0.25) is 5.91 Å². The van der Waals surface area contributed by atoms with Crippen molar-refractivity contribution in [3.63, 3.8) is 0 Å². The Balaban J connectivity index is 1.68. The number of amides is 3. The van der Waals surface area contributed by atoms with E-state index in [0.29, 0.717) is 57.9 Å². The Hall–Kier alpha value is -2.52. The van der Waals surface area contributed by atoms with E-state index in [1.165, 1.54) is 6.07 Å². The zero-order valence-corrected chi connectivity index (χ0v) is 16.8. The topological polar surface area (TPSA) is 77.6 Å². The van der Waals surface area contributed by atoms with Crippen molar-refractivity contribution in [2.75, 3.05) is 44.6 Å². The zero-order chi connectivity index (χ0) is 21.4. The first-order valence-corrected chi connectivity index (χ1v) is 9.84. The summed E-state index contributed by atoms with van der Waals surface area (Å²) in [6, 6.07) is 2.23. The minimum absolute atomic E-state index is 0.0158. The molecule has 1 aromatic rings. The van der Waals surface area contributed by atoms with Crippen molar-refractivity contribution >= 4 is 17.8 Å². The molecule has 10 heteroatoms. The fourth-order valence-electron chi connectivity index (χ4n) is 3.21. The maximum atomic E-state index is 12.5. The number of rotatable bonds is 7. The summed E-state index contributed by atoms with van der Waals surface area (Å²) in [5, 5.41) is 5.70. The molecule has 3 amide bonds. The Kier molecular flexibility index (Phi) is 8.10. The van der Waals surface area contributed by atoms with Crippen molar-refractivity contribution in [2.45, 2.75) is 32.9 Å². The Morgan fingerprint density at radius 3 is 2.34 bits per heavy atom. The van der Waals surface area contributed by atoms with Crippen LogP contribution in [0.1, 0.15) is 32.3 Å². The number of halogens is 3. The van der Waals surface area contributed by atoms with Gasteiger partial charge in [-0.2, -0.15) is 13.2 Å². The molecule has 0 spiro atoms. The lowest BCUT2D eigenvalue weighted by atomic mass is 9.96. The molecule has 7 nitrogen and oxygen atoms in total. The van der Waals surface area contributed by atoms with Crippen LogP contribution in [-0.4, -0.2) is 66.0 Å². The first-order chi connectivity index (χ1) is 13.8. The number of carbonyl (C=O) groups excluding carboxylic acids is 2. The van der Waals surface area contributed by atoms with Crippen molar-refractivity contribution in [3.8, 4) is 0 Å². The third-order valence-electron chi connectivity index (χ3n) is 4.99. The fourth-order valence-corrected chi connectivity index (χ4v) is 3.21. The van der Waals surface area contributed by atoms with E-state index in [1.807, 2.05) is 13.8 Å². The van der Waals surface area contributed by atoms with E-state index in [1.54, 1.807) is 9.80 Å². The number of alkyl halides is 3. The van der Waals surface area contributed by atoms with Crippen LogP contribution < -0.4 is 10.6 Å². The molecule has 1 aliphatic heterocycles. The number of piperidine rings is 1. The highest BCUT2D eigenvalue weighted by molar-refractivity contribution is 5.79. The van der Waals surface area contributed by atoms with Gasteiger partial charge in [0, 0.05) is 51.4 Å². The van der Waals surface area contributed by atoms with Crippen molar-refractivity contribution in [1.82, 2.24) is 20.1 Å². The number of nitrogens with zero attached hydrogens (tertiary/aromatic N) is 3. The SMILES string of the molecule is CCN(CC)C(=O)N1CCC(C(=O)NCCNc2ccc(C(F)(F)F)cn2)CC1. The summed E-state index contributed by atoms with van der Waals surface area (Å²) >= 11 is 0. The largest absolute Gasteiger partial charge is 0.417 e. The number of anilines is 1. The van der Waals surface area contributed by atoms with Crippen LogP contribution in [0.25, 0.3) is 0 Å². The number of hydrogen-bond acceptors (Lipinski definition) is 4. The van der Waals surface area contributed by atoms with Crippen molar-refractivity contribution in [3.05, 3.63) is 23.9 Å². The molecule has 29 heavy (non-hydrogen) atoms. The molecule has 1 fully saturated rings. The second-order valence-electron chi connectivity index (χ2n) is 6.86. The average molecular weight is 415 g/mol. The highest BCUT2D eigenvalue weighted by Gasteiger charge is 2.31. The first kappa shape index (κ1) is 22.8. The Morgan fingerprint density at radius 1 is 1.17 bits per heavy atom. The number of pyridine rings is 1. The maximum absolute atomic E-state index is 12.5. The predicted octanol–water partition coefficient (Wildman–Crippen LogP) is 2.80. The molecule has 0 aliphatic carbocycles. The molecule has 2 heterocycles. The van der Waals surface area contributed by atoms with Crippen LogP contribution >= 0.6 is 0 Å². The van der Waals surface area contributed by atoms with Crippen LogP contribution in [0.4, 0.5) is 23.8 Å². The van der Waals surface area contributed by atoms with E-state index in [-0.39, 0.29) is 17.9 Å². The summed E-state index contributed by atoms with van der Waals surface area (Å²) in [7, 11) is 0. The molecular formula is C19H28F3N5O2. The third-order valence-corrected chi connectivity index (χ3v) is 4.99. The Morgan fingerprint density at radius 2 is 1.83 bits per heavy atom. The van der Waals surface area contributed by atoms with Gasteiger partial charge in [0.15, 0.2) is 0 Å². The Labute approximate surface area is 168 Å². The number of urea groups is 1. The number of carbonyl (C=O) groups is 2. The van der Waals surface area contributed by atoms with Crippen LogP contribution in [0.5, 0.6) is 0 Å². The second kappa shape index (κ2) is 10.3. The Bertz CT molecular complexity index is 669. The van der Waals surface area contributed by atoms with Gasteiger partial charge in [-0.3, -0.25) is 4.79 Å². The summed E-state index contributed by atoms with van der Waals surface area (Å²) in [6.45, 7) is 7.00. The van der Waals surface area contributed by atoms with Crippen molar-refractivity contribution < 1.29 is 22.8 Å². The van der Waals surface area contributed by atoms with Crippen molar-refractivity contribution in [2.24, 2.45) is 5.92 Å². The third kappa shape index (κ3) is 6.50. The summed E-state index contributed by atoms with van der Waals surface area (Å²) in [5.41, 5.74) is -0.804. The number of nitrogens with one attached hydrogen (secondary N) is 2. The second-order valence-corrected chi connectivity index (χ2v) is 6.86. The molecule has 0 aromatic carbocycles. The van der Waals surface area contributed by atoms with Crippen LogP contribution in [-0.2, 0) is 11.0 Å². The van der Waals surface area contributed by atoms with Gasteiger partial charge in [-0.1, -0.05) is 0 Å². The molecule has 1 aliphatic rings. The smallest absolute Gasteiger partial charge is 0.368 e. The van der Waals surface area contributed by atoms with Crippen LogP contribution in [0, 0.1) is 5.92 Å². The van der Waals surface area contributed by atoms with Gasteiger partial charge in [0.05, 0.1) is 5.56 Å². The summed E-state index contributed by atoms with van der Waals surface area (Å²) in [5.74, 6) is 0.109. The minimum atomic E-state index is -4.41. The summed E-state index contributed by atoms with van der Waals surface area (Å²) < 4.78 is 37.5. The highest BCUT2D eigenvalue weighted by atomic mass is 19.4. The lowest BCUT2D eigenvalue weighted by Crippen LogP contribution is -2.48. The van der Waals surface area contributed by atoms with Gasteiger partial charge in [0.1, 0.15) is 5.82 Å². The molecule has 0 radical (unpaired) electrons. The van der Waals surface area contributed by atoms with E-state index in [9.17, 15) is 22.8 Å². The lowest BCUT2D eigenvalue weighted by Gasteiger charge is -2.34. The molecule has 2 rings (SSSR count). The van der Waals surface area contributed by atoms with E-state index < -0.39 is 11.7 Å². The molecule has 0 atom stereocenters. The van der Waals surface area contributed by atoms with E-state index in [4.69, 9.17) is 0 Å². The van der Waals surface area contributed by atoms with E-state index >= 15 is 0 Å². The zero-order valence-electron chi connectivity index (χ0n) is 16.8. The normalized spacial score (nSPS) is 15.1. The molecule has 1 aromatic heterocycles. The number of aromatic nitrogens is 1. The van der Waals surface area contributed by atoms with Crippen LogP contribution in [0.15, 0.2) is 18.3 Å². The molecule has 0 bridgehead atoms. The van der Waals surface area contributed by atoms with Crippen LogP contribution in [0.2, 0.25) is 0 Å². The van der Waals surface area contributed by atoms with Crippen LogP contribution in [0.3, 0.4) is 0 Å². The fraction of sp³-hybridized carbons (Fsp3) is 0.632. The van der Waals surface area contributed by atoms with E-state index in [2.05, 4.69) is 15.6 Å². The molecule has 2 N–H and O–H groups in total. The first-order valence-electron chi connectivity index (χ1n) is 9.84. The summed E-state index contributed by atoms with van der Waals surface area (Å²) in [6.07, 6.45) is -2.40. The van der Waals surface area contributed by atoms with Gasteiger partial charge in [0.25, 0.3) is 0 Å². The molecule has 0 saturated carbocycles. The quantitative estimate of drug-likeness (QED) is 0.672. The number of likely N-dealkylation sites (tertiary alicyclic amines) is 1. The molecule has 1 saturated heterocycles. The summed E-state index contributed by atoms with van der Waals surface area (Å²) in [4.78, 5) is 31.9. The lowest BCUT2D eigenvalue weighted by molar-refractivity contribution is -0.137. The number of hydrogen-bond donors (Lipinski definition) is 2. The molecular weight excluding hydrogens is 387 g/mol. The van der Waals surface area contributed by atoms with Gasteiger partial charge in [-0.15, -0.1) is 0 Å². The van der Waals surface area contributed by atoms with Crippen molar-refractivity contribution in [1.29, 1.82) is 0 Å². The van der Waals surface area contributed by atoms with Gasteiger partial charge in [-0.05, 0) is 38.8 Å². The molecule has 0 unspecified atom stereocenters. The average Bonchev–Trinajstić information content (AvgIpc) is 2.71. The predicted molar refractivity (Wildman–Crippen MR) is 103 cm³/mol. The van der Waals surface area contributed by atoms with E-state index in [0.717, 1.165) is 12.3 Å². The van der Waals surface area contributed by atoms with Gasteiger partial charge >= 0.3 is 12.2 Å². The van der Waals surface area contributed by atoms with Gasteiger partial charge in [-0.25, -0.2) is 9.78 Å².